The Balaban J connectivity index is 1.79. The zero-order valence-corrected chi connectivity index (χ0v) is 14.5. The number of nitro benzene ring substituents is 1. The summed E-state index contributed by atoms with van der Waals surface area (Å²) in [4.78, 5) is 27.7. The van der Waals surface area contributed by atoms with Crippen molar-refractivity contribution >= 4 is 22.9 Å². The van der Waals surface area contributed by atoms with E-state index < -0.39 is 16.6 Å². The molecule has 0 aliphatic carbocycles. The topological polar surface area (TPSA) is 85.1 Å². The summed E-state index contributed by atoms with van der Waals surface area (Å²) in [5, 5.41) is 14.3. The van der Waals surface area contributed by atoms with Crippen molar-refractivity contribution < 1.29 is 14.1 Å². The number of rotatable bonds is 5. The number of carbonyl (C=O) groups excluding carboxylic acids is 1. The van der Waals surface area contributed by atoms with Gasteiger partial charge in [-0.15, -0.1) is 11.3 Å². The lowest BCUT2D eigenvalue weighted by Crippen LogP contribution is -2.23. The van der Waals surface area contributed by atoms with Crippen LogP contribution in [0, 0.1) is 22.9 Å². The van der Waals surface area contributed by atoms with Gasteiger partial charge in [0.15, 0.2) is 0 Å². The van der Waals surface area contributed by atoms with Gasteiger partial charge in [-0.2, -0.15) is 0 Å². The number of benzene rings is 2. The average molecular weight is 371 g/mol. The molecule has 0 spiro atoms. The zero-order valence-electron chi connectivity index (χ0n) is 13.7. The van der Waals surface area contributed by atoms with Crippen molar-refractivity contribution in [2.75, 3.05) is 0 Å². The fourth-order valence-corrected chi connectivity index (χ4v) is 3.43. The van der Waals surface area contributed by atoms with Crippen LogP contribution in [0.3, 0.4) is 0 Å². The number of nitrogens with one attached hydrogen (secondary N) is 1. The van der Waals surface area contributed by atoms with Gasteiger partial charge in [-0.3, -0.25) is 14.9 Å². The summed E-state index contributed by atoms with van der Waals surface area (Å²) in [6, 6.07) is 12.6. The van der Waals surface area contributed by atoms with E-state index in [1.54, 1.807) is 6.92 Å². The van der Waals surface area contributed by atoms with Gasteiger partial charge in [-0.05, 0) is 19.1 Å². The predicted molar refractivity (Wildman–Crippen MR) is 96.5 cm³/mol. The molecule has 8 heteroatoms. The van der Waals surface area contributed by atoms with Gasteiger partial charge in [0.1, 0.15) is 15.7 Å². The third kappa shape index (κ3) is 3.75. The molecule has 0 fully saturated rings. The number of carbonyl (C=O) groups is 1. The minimum absolute atomic E-state index is 0.105. The SMILES string of the molecule is Cc1nc(-c2ccccc2)sc1C(=O)NCc1cc(F)ccc1[N+](=O)[O-]. The van der Waals surface area contributed by atoms with Crippen molar-refractivity contribution in [3.63, 3.8) is 0 Å². The lowest BCUT2D eigenvalue weighted by Gasteiger charge is -2.05. The van der Waals surface area contributed by atoms with E-state index >= 15 is 0 Å². The fourth-order valence-electron chi connectivity index (χ4n) is 2.44. The molecule has 0 saturated heterocycles. The van der Waals surface area contributed by atoms with E-state index in [0.717, 1.165) is 23.8 Å². The molecule has 132 valence electrons. The van der Waals surface area contributed by atoms with Crippen molar-refractivity contribution in [1.29, 1.82) is 0 Å². The Morgan fingerprint density at radius 1 is 1.27 bits per heavy atom. The van der Waals surface area contributed by atoms with E-state index in [9.17, 15) is 19.3 Å². The number of thiazole rings is 1. The average Bonchev–Trinajstić information content (AvgIpc) is 3.02. The molecule has 0 aliphatic heterocycles. The molecule has 0 atom stereocenters. The maximum atomic E-state index is 13.4. The summed E-state index contributed by atoms with van der Waals surface area (Å²) in [5.74, 6) is -0.999. The van der Waals surface area contributed by atoms with E-state index in [-0.39, 0.29) is 17.8 Å². The highest BCUT2D eigenvalue weighted by Crippen LogP contribution is 2.28. The van der Waals surface area contributed by atoms with E-state index in [2.05, 4.69) is 10.3 Å². The fraction of sp³-hybridized carbons (Fsp3) is 0.111. The van der Waals surface area contributed by atoms with E-state index in [4.69, 9.17) is 0 Å². The van der Waals surface area contributed by atoms with Gasteiger partial charge in [0.25, 0.3) is 11.6 Å². The number of aryl methyl sites for hydroxylation is 1. The van der Waals surface area contributed by atoms with Gasteiger partial charge in [-0.1, -0.05) is 30.3 Å². The van der Waals surface area contributed by atoms with Gasteiger partial charge in [0, 0.05) is 11.6 Å². The highest BCUT2D eigenvalue weighted by Gasteiger charge is 2.19. The Labute approximate surface area is 152 Å². The zero-order chi connectivity index (χ0) is 18.7. The molecular weight excluding hydrogens is 357 g/mol. The van der Waals surface area contributed by atoms with Crippen LogP contribution in [0.5, 0.6) is 0 Å². The Morgan fingerprint density at radius 3 is 2.69 bits per heavy atom. The van der Waals surface area contributed by atoms with Crippen LogP contribution in [0.15, 0.2) is 48.5 Å². The Kier molecular flexibility index (Phi) is 5.04. The van der Waals surface area contributed by atoms with Crippen LogP contribution < -0.4 is 5.32 Å². The van der Waals surface area contributed by atoms with Crippen molar-refractivity contribution in [2.24, 2.45) is 0 Å². The number of hydrogen-bond acceptors (Lipinski definition) is 5. The summed E-state index contributed by atoms with van der Waals surface area (Å²) in [5.41, 5.74) is 1.34. The molecule has 6 nitrogen and oxygen atoms in total. The van der Waals surface area contributed by atoms with Crippen LogP contribution >= 0.6 is 11.3 Å². The smallest absolute Gasteiger partial charge is 0.274 e. The number of hydrogen-bond donors (Lipinski definition) is 1. The molecule has 0 radical (unpaired) electrons. The van der Waals surface area contributed by atoms with Crippen LogP contribution in [0.2, 0.25) is 0 Å². The second-order valence-corrected chi connectivity index (χ2v) is 6.51. The van der Waals surface area contributed by atoms with Gasteiger partial charge in [0.2, 0.25) is 0 Å². The van der Waals surface area contributed by atoms with Crippen LogP contribution in [0.25, 0.3) is 10.6 Å². The Hall–Kier alpha value is -3.13. The monoisotopic (exact) mass is 371 g/mol. The second kappa shape index (κ2) is 7.40. The number of halogens is 1. The van der Waals surface area contributed by atoms with Gasteiger partial charge in [-0.25, -0.2) is 9.37 Å². The van der Waals surface area contributed by atoms with Gasteiger partial charge in [0.05, 0.1) is 22.7 Å². The first-order valence-corrected chi connectivity index (χ1v) is 8.51. The molecule has 0 aliphatic rings. The first-order chi connectivity index (χ1) is 12.5. The maximum Gasteiger partial charge on any atom is 0.274 e. The number of amides is 1. The molecule has 1 aromatic heterocycles. The minimum atomic E-state index is -0.605. The van der Waals surface area contributed by atoms with Crippen molar-refractivity contribution in [3.8, 4) is 10.6 Å². The largest absolute Gasteiger partial charge is 0.347 e. The molecule has 3 rings (SSSR count). The lowest BCUT2D eigenvalue weighted by molar-refractivity contribution is -0.385. The normalized spacial score (nSPS) is 10.5. The van der Waals surface area contributed by atoms with Gasteiger partial charge < -0.3 is 5.32 Å². The summed E-state index contributed by atoms with van der Waals surface area (Å²) in [7, 11) is 0. The highest BCUT2D eigenvalue weighted by molar-refractivity contribution is 7.17. The van der Waals surface area contributed by atoms with Crippen LogP contribution in [0.4, 0.5) is 10.1 Å². The molecule has 0 saturated carbocycles. The van der Waals surface area contributed by atoms with Crippen LogP contribution in [-0.2, 0) is 6.54 Å². The summed E-state index contributed by atoms with van der Waals surface area (Å²) >= 11 is 1.24. The summed E-state index contributed by atoms with van der Waals surface area (Å²) < 4.78 is 13.4. The molecule has 1 amide bonds. The Morgan fingerprint density at radius 2 is 2.00 bits per heavy atom. The van der Waals surface area contributed by atoms with Crippen molar-refractivity contribution in [2.45, 2.75) is 13.5 Å². The molecule has 0 bridgehead atoms. The molecule has 1 heterocycles. The Bertz CT molecular complexity index is 973. The maximum absolute atomic E-state index is 13.4. The molecule has 3 aromatic rings. The molecule has 1 N–H and O–H groups in total. The third-order valence-corrected chi connectivity index (χ3v) is 4.91. The second-order valence-electron chi connectivity index (χ2n) is 5.51. The van der Waals surface area contributed by atoms with Crippen molar-refractivity contribution in [1.82, 2.24) is 10.3 Å². The molecular formula is C18H14FN3O3S. The molecule has 0 unspecified atom stereocenters. The third-order valence-electron chi connectivity index (χ3n) is 3.70. The highest BCUT2D eigenvalue weighted by atomic mass is 32.1. The summed E-state index contributed by atoms with van der Waals surface area (Å²) in [6.45, 7) is 1.58. The van der Waals surface area contributed by atoms with E-state index in [1.165, 1.54) is 11.3 Å². The minimum Gasteiger partial charge on any atom is -0.347 e. The number of aromatic nitrogens is 1. The van der Waals surface area contributed by atoms with Crippen LogP contribution in [0.1, 0.15) is 20.9 Å². The van der Waals surface area contributed by atoms with E-state index in [0.29, 0.717) is 15.6 Å². The predicted octanol–water partition coefficient (Wildman–Crippen LogP) is 4.10. The molecule has 2 aromatic carbocycles. The van der Waals surface area contributed by atoms with Gasteiger partial charge >= 0.3 is 0 Å². The number of nitro groups is 1. The standard InChI is InChI=1S/C18H14FN3O3S/c1-11-16(26-18(21-11)12-5-3-2-4-6-12)17(23)20-10-13-9-14(19)7-8-15(13)22(24)25/h2-9H,10H2,1H3,(H,20,23). The quantitative estimate of drug-likeness (QED) is 0.541. The van der Waals surface area contributed by atoms with E-state index in [1.807, 2.05) is 30.3 Å². The summed E-state index contributed by atoms with van der Waals surface area (Å²) in [6.07, 6.45) is 0. The first kappa shape index (κ1) is 17.7. The number of nitrogens with zero attached hydrogens (tertiary/aromatic N) is 2. The van der Waals surface area contributed by atoms with Crippen LogP contribution in [-0.4, -0.2) is 15.8 Å². The lowest BCUT2D eigenvalue weighted by atomic mass is 10.1. The first-order valence-electron chi connectivity index (χ1n) is 7.69. The molecule has 26 heavy (non-hydrogen) atoms. The van der Waals surface area contributed by atoms with Crippen molar-refractivity contribution in [3.05, 3.63) is 80.6 Å².